The van der Waals surface area contributed by atoms with E-state index in [-0.39, 0.29) is 5.57 Å². The standard InChI is InChI=1S/C22H16O6/c23-19(24)21(20(25)26)12-14-7-2-4-10-16(14)18(22(21,27)28)17-11-5-8-13-6-1-3-9-15(13)17/h1-12,27-28H,(H,23,24)(H,25,26). The van der Waals surface area contributed by atoms with Crippen molar-refractivity contribution in [3.63, 3.8) is 0 Å². The second-order valence-electron chi connectivity index (χ2n) is 6.72. The van der Waals surface area contributed by atoms with Crippen LogP contribution in [0.15, 0.2) is 66.7 Å². The molecule has 4 rings (SSSR count). The SMILES string of the molecule is O=C(O)C1(C(=O)O)C=c2ccccc2=C(c2cccc3ccccc23)C1(O)O. The molecule has 3 aromatic rings. The maximum absolute atomic E-state index is 12.0. The molecule has 4 N–H and O–H groups in total. The van der Waals surface area contributed by atoms with E-state index in [1.54, 1.807) is 48.5 Å². The topological polar surface area (TPSA) is 115 Å². The first kappa shape index (κ1) is 17.9. The summed E-state index contributed by atoms with van der Waals surface area (Å²) in [6.45, 7) is 0. The lowest BCUT2D eigenvalue weighted by molar-refractivity contribution is -0.206. The third-order valence-electron chi connectivity index (χ3n) is 5.23. The maximum Gasteiger partial charge on any atom is 0.331 e. The normalized spacial score (nSPS) is 16.9. The van der Waals surface area contributed by atoms with Crippen LogP contribution in [0.1, 0.15) is 5.56 Å². The van der Waals surface area contributed by atoms with E-state index < -0.39 is 23.1 Å². The van der Waals surface area contributed by atoms with Gasteiger partial charge in [-0.15, -0.1) is 0 Å². The highest BCUT2D eigenvalue weighted by atomic mass is 16.5. The lowest BCUT2D eigenvalue weighted by atomic mass is 9.69. The highest BCUT2D eigenvalue weighted by molar-refractivity contribution is 6.10. The Morgan fingerprint density at radius 1 is 0.750 bits per heavy atom. The number of aliphatic hydroxyl groups is 2. The molecule has 6 heteroatoms. The molecule has 0 atom stereocenters. The molecule has 0 bridgehead atoms. The van der Waals surface area contributed by atoms with Crippen LogP contribution in [0.5, 0.6) is 0 Å². The molecule has 140 valence electrons. The Hall–Kier alpha value is -3.48. The molecule has 0 radical (unpaired) electrons. The third kappa shape index (κ3) is 2.22. The van der Waals surface area contributed by atoms with Gasteiger partial charge in [0.2, 0.25) is 11.2 Å². The Kier molecular flexibility index (Phi) is 3.85. The van der Waals surface area contributed by atoms with E-state index in [0.717, 1.165) is 11.5 Å². The van der Waals surface area contributed by atoms with Crippen LogP contribution in [-0.4, -0.2) is 38.2 Å². The van der Waals surface area contributed by atoms with E-state index in [1.165, 1.54) is 0 Å². The van der Waals surface area contributed by atoms with Crippen molar-refractivity contribution in [2.45, 2.75) is 5.79 Å². The van der Waals surface area contributed by atoms with Gasteiger partial charge in [-0.1, -0.05) is 66.7 Å². The van der Waals surface area contributed by atoms with Gasteiger partial charge in [-0.05, 0) is 32.8 Å². The van der Waals surface area contributed by atoms with Crippen LogP contribution in [0.3, 0.4) is 0 Å². The molecule has 6 nitrogen and oxygen atoms in total. The van der Waals surface area contributed by atoms with Crippen molar-refractivity contribution in [3.8, 4) is 0 Å². The number of rotatable bonds is 3. The summed E-state index contributed by atoms with van der Waals surface area (Å²) in [4.78, 5) is 24.1. The first-order valence-corrected chi connectivity index (χ1v) is 8.53. The number of benzene rings is 3. The zero-order valence-electron chi connectivity index (χ0n) is 14.5. The second-order valence-corrected chi connectivity index (χ2v) is 6.72. The molecule has 0 fully saturated rings. The monoisotopic (exact) mass is 376 g/mol. The first-order valence-electron chi connectivity index (χ1n) is 8.53. The summed E-state index contributed by atoms with van der Waals surface area (Å²) < 4.78 is 0. The quantitative estimate of drug-likeness (QED) is 0.395. The Morgan fingerprint density at radius 3 is 2.07 bits per heavy atom. The average Bonchev–Trinajstić information content (AvgIpc) is 2.66. The number of carboxylic acids is 2. The fraction of sp³-hybridized carbons (Fsp3) is 0.0909. The van der Waals surface area contributed by atoms with Crippen molar-refractivity contribution < 1.29 is 30.0 Å². The van der Waals surface area contributed by atoms with E-state index >= 15 is 0 Å². The smallest absolute Gasteiger partial charge is 0.331 e. The van der Waals surface area contributed by atoms with Gasteiger partial charge in [0.05, 0.1) is 0 Å². The highest BCUT2D eigenvalue weighted by Gasteiger charge is 2.64. The molecule has 0 aromatic heterocycles. The van der Waals surface area contributed by atoms with Crippen molar-refractivity contribution in [2.24, 2.45) is 5.41 Å². The maximum atomic E-state index is 12.0. The molecule has 0 saturated carbocycles. The van der Waals surface area contributed by atoms with Gasteiger partial charge < -0.3 is 20.4 Å². The second kappa shape index (κ2) is 6.02. The van der Waals surface area contributed by atoms with Crippen molar-refractivity contribution in [1.29, 1.82) is 0 Å². The van der Waals surface area contributed by atoms with Gasteiger partial charge in [0.1, 0.15) is 0 Å². The molecule has 3 aromatic carbocycles. The van der Waals surface area contributed by atoms with E-state index in [2.05, 4.69) is 0 Å². The molecule has 0 unspecified atom stereocenters. The van der Waals surface area contributed by atoms with Gasteiger partial charge in [-0.25, -0.2) is 0 Å². The third-order valence-corrected chi connectivity index (χ3v) is 5.23. The molecule has 1 aliphatic carbocycles. The Bertz CT molecular complexity index is 1240. The summed E-state index contributed by atoms with van der Waals surface area (Å²) in [6, 6.07) is 18.8. The minimum Gasteiger partial charge on any atom is -0.480 e. The van der Waals surface area contributed by atoms with Crippen molar-refractivity contribution in [2.75, 3.05) is 0 Å². The van der Waals surface area contributed by atoms with Gasteiger partial charge in [-0.2, -0.15) is 0 Å². The Balaban J connectivity index is 2.24. The fourth-order valence-corrected chi connectivity index (χ4v) is 3.86. The van der Waals surface area contributed by atoms with Crippen LogP contribution in [0.2, 0.25) is 0 Å². The Labute approximate surface area is 158 Å². The Morgan fingerprint density at radius 2 is 1.36 bits per heavy atom. The van der Waals surface area contributed by atoms with Crippen LogP contribution in [-0.2, 0) is 9.59 Å². The van der Waals surface area contributed by atoms with E-state index in [0.29, 0.717) is 21.4 Å². The van der Waals surface area contributed by atoms with E-state index in [1.807, 2.05) is 18.2 Å². The summed E-state index contributed by atoms with van der Waals surface area (Å²) in [5, 5.41) is 43.8. The molecule has 0 aliphatic heterocycles. The van der Waals surface area contributed by atoms with Crippen LogP contribution in [0.4, 0.5) is 0 Å². The van der Waals surface area contributed by atoms with E-state index in [9.17, 15) is 30.0 Å². The van der Waals surface area contributed by atoms with Crippen molar-refractivity contribution in [3.05, 3.63) is 82.7 Å². The highest BCUT2D eigenvalue weighted by Crippen LogP contribution is 2.43. The first-order chi connectivity index (χ1) is 13.3. The number of carboxylic acid groups (broad SMARTS) is 2. The van der Waals surface area contributed by atoms with Crippen LogP contribution < -0.4 is 10.4 Å². The lowest BCUT2D eigenvalue weighted by Gasteiger charge is -2.39. The summed E-state index contributed by atoms with van der Waals surface area (Å²) in [5.74, 6) is -6.92. The molecule has 28 heavy (non-hydrogen) atoms. The molecular formula is C22H16O6. The van der Waals surface area contributed by atoms with Gasteiger partial charge >= 0.3 is 11.9 Å². The molecule has 0 spiro atoms. The zero-order chi connectivity index (χ0) is 20.1. The number of hydrogen-bond acceptors (Lipinski definition) is 4. The number of hydrogen-bond donors (Lipinski definition) is 4. The van der Waals surface area contributed by atoms with Crippen LogP contribution in [0.25, 0.3) is 22.4 Å². The lowest BCUT2D eigenvalue weighted by Crippen LogP contribution is -2.62. The van der Waals surface area contributed by atoms with Gasteiger partial charge in [-0.3, -0.25) is 9.59 Å². The fourth-order valence-electron chi connectivity index (χ4n) is 3.86. The minimum atomic E-state index is -3.19. The largest absolute Gasteiger partial charge is 0.480 e. The zero-order valence-corrected chi connectivity index (χ0v) is 14.5. The summed E-state index contributed by atoms with van der Waals surface area (Å²) >= 11 is 0. The number of carbonyl (C=O) groups is 2. The van der Waals surface area contributed by atoms with Gasteiger partial charge in [0.25, 0.3) is 0 Å². The summed E-state index contributed by atoms with van der Waals surface area (Å²) in [6.07, 6.45) is 0.891. The van der Waals surface area contributed by atoms with Gasteiger partial charge in [0.15, 0.2) is 0 Å². The summed E-state index contributed by atoms with van der Waals surface area (Å²) in [7, 11) is 0. The molecular weight excluding hydrogens is 360 g/mol. The number of fused-ring (bicyclic) bond motifs is 2. The average molecular weight is 376 g/mol. The van der Waals surface area contributed by atoms with Crippen LogP contribution in [0, 0.1) is 5.41 Å². The number of aliphatic carboxylic acids is 2. The van der Waals surface area contributed by atoms with E-state index in [4.69, 9.17) is 0 Å². The van der Waals surface area contributed by atoms with Crippen molar-refractivity contribution in [1.82, 2.24) is 0 Å². The predicted molar refractivity (Wildman–Crippen MR) is 101 cm³/mol. The van der Waals surface area contributed by atoms with Crippen LogP contribution >= 0.6 is 0 Å². The van der Waals surface area contributed by atoms with Gasteiger partial charge in [0, 0.05) is 5.57 Å². The molecule has 0 heterocycles. The van der Waals surface area contributed by atoms with Crippen molar-refractivity contribution >= 4 is 34.4 Å². The summed E-state index contributed by atoms with van der Waals surface area (Å²) in [5.41, 5.74) is -2.77. The predicted octanol–water partition coefficient (Wildman–Crippen LogP) is 0.669. The molecule has 0 amide bonds. The minimum absolute atomic E-state index is 0.160. The molecule has 1 aliphatic rings. The molecule has 0 saturated heterocycles.